The van der Waals surface area contributed by atoms with Crippen molar-refractivity contribution in [1.29, 1.82) is 0 Å². The van der Waals surface area contributed by atoms with Gasteiger partial charge in [0.1, 0.15) is 18.5 Å². The number of benzene rings is 1. The highest BCUT2D eigenvalue weighted by molar-refractivity contribution is 5.28. The van der Waals surface area contributed by atoms with Gasteiger partial charge in [0.25, 0.3) is 0 Å². The molecule has 1 atom stereocenters. The van der Waals surface area contributed by atoms with Crippen molar-refractivity contribution < 1.29 is 9.84 Å². The minimum Gasteiger partial charge on any atom is -0.491 e. The molecule has 0 radical (unpaired) electrons. The van der Waals surface area contributed by atoms with Gasteiger partial charge in [-0.15, -0.1) is 0 Å². The van der Waals surface area contributed by atoms with Crippen LogP contribution in [-0.4, -0.2) is 48.4 Å². The highest BCUT2D eigenvalue weighted by Crippen LogP contribution is 2.19. The summed E-state index contributed by atoms with van der Waals surface area (Å²) >= 11 is 0. The van der Waals surface area contributed by atoms with E-state index in [1.165, 1.54) is 50.5 Å². The Bertz CT molecular complexity index is 482. The molecule has 0 bridgehead atoms. The zero-order valence-corrected chi connectivity index (χ0v) is 14.8. The molecule has 2 fully saturated rings. The molecule has 3 rings (SSSR count). The Morgan fingerprint density at radius 2 is 1.92 bits per heavy atom. The van der Waals surface area contributed by atoms with Gasteiger partial charge in [0.05, 0.1) is 0 Å². The second kappa shape index (κ2) is 9.40. The van der Waals surface area contributed by atoms with E-state index in [9.17, 15) is 5.11 Å². The molecule has 1 unspecified atom stereocenters. The van der Waals surface area contributed by atoms with Gasteiger partial charge in [0.2, 0.25) is 0 Å². The van der Waals surface area contributed by atoms with Crippen molar-refractivity contribution in [3.8, 4) is 5.75 Å². The van der Waals surface area contributed by atoms with E-state index in [0.29, 0.717) is 12.6 Å². The first-order valence-electron chi connectivity index (χ1n) is 9.65. The molecule has 1 aliphatic heterocycles. The van der Waals surface area contributed by atoms with Crippen molar-refractivity contribution in [2.75, 3.05) is 26.2 Å². The molecule has 2 N–H and O–H groups in total. The van der Waals surface area contributed by atoms with E-state index in [1.54, 1.807) is 0 Å². The molecule has 4 heteroatoms. The Labute approximate surface area is 146 Å². The SMILES string of the molecule is OC(COc1cccc(CNC2CCC2)c1)CN1CCCCCC1. The zero-order valence-electron chi connectivity index (χ0n) is 14.8. The number of nitrogens with one attached hydrogen (secondary N) is 1. The third-order valence-corrected chi connectivity index (χ3v) is 5.21. The number of hydrogen-bond donors (Lipinski definition) is 2. The second-order valence-electron chi connectivity index (χ2n) is 7.34. The highest BCUT2D eigenvalue weighted by atomic mass is 16.5. The van der Waals surface area contributed by atoms with Crippen molar-refractivity contribution in [3.05, 3.63) is 29.8 Å². The number of ether oxygens (including phenoxy) is 1. The summed E-state index contributed by atoms with van der Waals surface area (Å²) in [5.41, 5.74) is 1.25. The van der Waals surface area contributed by atoms with Crippen molar-refractivity contribution in [2.45, 2.75) is 63.6 Å². The van der Waals surface area contributed by atoms with Gasteiger partial charge in [-0.25, -0.2) is 0 Å². The van der Waals surface area contributed by atoms with Crippen LogP contribution < -0.4 is 10.1 Å². The number of likely N-dealkylation sites (tertiary alicyclic amines) is 1. The molecule has 0 amide bonds. The van der Waals surface area contributed by atoms with Crippen molar-refractivity contribution in [2.24, 2.45) is 0 Å². The highest BCUT2D eigenvalue weighted by Gasteiger charge is 2.16. The first-order chi connectivity index (χ1) is 11.8. The van der Waals surface area contributed by atoms with Crippen LogP contribution in [0.1, 0.15) is 50.5 Å². The van der Waals surface area contributed by atoms with Gasteiger partial charge >= 0.3 is 0 Å². The Hall–Kier alpha value is -1.10. The van der Waals surface area contributed by atoms with Gasteiger partial charge in [-0.1, -0.05) is 31.4 Å². The van der Waals surface area contributed by atoms with Gasteiger partial charge < -0.3 is 20.1 Å². The Kier molecular flexibility index (Phi) is 6.94. The maximum absolute atomic E-state index is 10.3. The summed E-state index contributed by atoms with van der Waals surface area (Å²) in [6.07, 6.45) is 8.70. The topological polar surface area (TPSA) is 44.7 Å². The molecule has 1 saturated heterocycles. The molecule has 1 aliphatic carbocycles. The average Bonchev–Trinajstić information content (AvgIpc) is 2.81. The fourth-order valence-electron chi connectivity index (χ4n) is 3.48. The van der Waals surface area contributed by atoms with E-state index in [-0.39, 0.29) is 0 Å². The molecular weight excluding hydrogens is 300 g/mol. The van der Waals surface area contributed by atoms with Crippen LogP contribution in [0, 0.1) is 0 Å². The quantitative estimate of drug-likeness (QED) is 0.768. The van der Waals surface area contributed by atoms with Crippen LogP contribution in [-0.2, 0) is 6.54 Å². The van der Waals surface area contributed by atoms with Gasteiger partial charge in [0.15, 0.2) is 0 Å². The van der Waals surface area contributed by atoms with E-state index in [4.69, 9.17) is 4.74 Å². The average molecular weight is 332 g/mol. The van der Waals surface area contributed by atoms with Crippen LogP contribution in [0.4, 0.5) is 0 Å². The molecule has 1 heterocycles. The van der Waals surface area contributed by atoms with Crippen molar-refractivity contribution >= 4 is 0 Å². The smallest absolute Gasteiger partial charge is 0.119 e. The van der Waals surface area contributed by atoms with Crippen molar-refractivity contribution in [3.63, 3.8) is 0 Å². The minimum absolute atomic E-state index is 0.371. The van der Waals surface area contributed by atoms with E-state index in [0.717, 1.165) is 31.9 Å². The van der Waals surface area contributed by atoms with Crippen LogP contribution in [0.5, 0.6) is 5.75 Å². The summed E-state index contributed by atoms with van der Waals surface area (Å²) in [7, 11) is 0. The van der Waals surface area contributed by atoms with E-state index < -0.39 is 6.10 Å². The molecule has 0 aromatic heterocycles. The van der Waals surface area contributed by atoms with Crippen LogP contribution in [0.2, 0.25) is 0 Å². The molecule has 1 aromatic rings. The molecule has 24 heavy (non-hydrogen) atoms. The van der Waals surface area contributed by atoms with Gasteiger partial charge in [-0.05, 0) is 56.5 Å². The summed E-state index contributed by atoms with van der Waals surface area (Å²) < 4.78 is 5.82. The van der Waals surface area contributed by atoms with Gasteiger partial charge in [0, 0.05) is 19.1 Å². The fourth-order valence-corrected chi connectivity index (χ4v) is 3.48. The number of aliphatic hydroxyl groups is 1. The number of rotatable bonds is 8. The van der Waals surface area contributed by atoms with E-state index >= 15 is 0 Å². The zero-order chi connectivity index (χ0) is 16.6. The molecule has 2 aliphatic rings. The van der Waals surface area contributed by atoms with E-state index in [2.05, 4.69) is 22.3 Å². The monoisotopic (exact) mass is 332 g/mol. The molecule has 134 valence electrons. The first-order valence-corrected chi connectivity index (χ1v) is 9.65. The number of nitrogens with zero attached hydrogens (tertiary/aromatic N) is 1. The second-order valence-corrected chi connectivity index (χ2v) is 7.34. The minimum atomic E-state index is -0.417. The van der Waals surface area contributed by atoms with Gasteiger partial charge in [-0.3, -0.25) is 0 Å². The van der Waals surface area contributed by atoms with Crippen LogP contribution in [0.15, 0.2) is 24.3 Å². The van der Waals surface area contributed by atoms with E-state index in [1.807, 2.05) is 12.1 Å². The summed E-state index contributed by atoms with van der Waals surface area (Å²) in [6, 6.07) is 8.93. The summed E-state index contributed by atoms with van der Waals surface area (Å²) in [5.74, 6) is 0.859. The molecule has 1 aromatic carbocycles. The summed E-state index contributed by atoms with van der Waals surface area (Å²) in [6.45, 7) is 4.22. The molecule has 4 nitrogen and oxygen atoms in total. The Morgan fingerprint density at radius 1 is 1.12 bits per heavy atom. The first kappa shape index (κ1) is 17.7. The summed E-state index contributed by atoms with van der Waals surface area (Å²) in [4.78, 5) is 2.37. The number of hydrogen-bond acceptors (Lipinski definition) is 4. The fraction of sp³-hybridized carbons (Fsp3) is 0.700. The predicted octanol–water partition coefficient (Wildman–Crippen LogP) is 2.94. The van der Waals surface area contributed by atoms with Crippen LogP contribution >= 0.6 is 0 Å². The van der Waals surface area contributed by atoms with Crippen LogP contribution in [0.3, 0.4) is 0 Å². The predicted molar refractivity (Wildman–Crippen MR) is 97.3 cm³/mol. The third-order valence-electron chi connectivity index (χ3n) is 5.21. The van der Waals surface area contributed by atoms with Gasteiger partial charge in [-0.2, -0.15) is 0 Å². The largest absolute Gasteiger partial charge is 0.491 e. The molecule has 1 saturated carbocycles. The lowest BCUT2D eigenvalue weighted by molar-refractivity contribution is 0.0693. The number of aliphatic hydroxyl groups excluding tert-OH is 1. The molecule has 0 spiro atoms. The lowest BCUT2D eigenvalue weighted by atomic mass is 9.93. The molecular formula is C20H32N2O2. The van der Waals surface area contributed by atoms with Crippen molar-refractivity contribution in [1.82, 2.24) is 10.2 Å². The van der Waals surface area contributed by atoms with Crippen LogP contribution in [0.25, 0.3) is 0 Å². The maximum Gasteiger partial charge on any atom is 0.119 e. The standard InChI is InChI=1S/C20H32N2O2/c23-19(15-22-11-3-1-2-4-12-22)16-24-20-10-5-7-17(13-20)14-21-18-8-6-9-18/h5,7,10,13,18-19,21,23H,1-4,6,8-9,11-12,14-16H2. The Morgan fingerprint density at radius 3 is 2.62 bits per heavy atom. The summed E-state index contributed by atoms with van der Waals surface area (Å²) in [5, 5.41) is 13.8. The Balaban J connectivity index is 1.39. The lowest BCUT2D eigenvalue weighted by Crippen LogP contribution is -2.36. The normalized spacial score (nSPS) is 21.0. The maximum atomic E-state index is 10.3. The third kappa shape index (κ3) is 5.76. The lowest BCUT2D eigenvalue weighted by Gasteiger charge is -2.26. The number of β-amino-alcohol motifs (C(OH)–C–C–N with tert-alkyl or cyclic N) is 1.